The molecular weight excluding hydrogens is 204 g/mol. The first kappa shape index (κ1) is 12.7. The molecule has 0 saturated carbocycles. The summed E-state index contributed by atoms with van der Waals surface area (Å²) in [6.45, 7) is 8.03. The fourth-order valence-electron chi connectivity index (χ4n) is 1.69. The molecule has 0 atom stereocenters. The second kappa shape index (κ2) is 5.65. The largest absolute Gasteiger partial charge is 0.358 e. The van der Waals surface area contributed by atoms with E-state index < -0.39 is 0 Å². The highest BCUT2D eigenvalue weighted by Crippen LogP contribution is 2.12. The Hall–Kier alpha value is -1.36. The van der Waals surface area contributed by atoms with Crippen molar-refractivity contribution in [1.29, 1.82) is 0 Å². The summed E-state index contributed by atoms with van der Waals surface area (Å²) in [7, 11) is 1.63. The first-order chi connectivity index (χ1) is 7.60. The molecule has 0 aliphatic carbocycles. The van der Waals surface area contributed by atoms with Crippen molar-refractivity contribution in [2.24, 2.45) is 0 Å². The third kappa shape index (κ3) is 2.82. The van der Waals surface area contributed by atoms with E-state index in [1.54, 1.807) is 7.05 Å². The second-order valence-corrected chi connectivity index (χ2v) is 3.74. The predicted octanol–water partition coefficient (Wildman–Crippen LogP) is 0.355. The van der Waals surface area contributed by atoms with Crippen LogP contribution in [0.1, 0.15) is 23.9 Å². The van der Waals surface area contributed by atoms with Gasteiger partial charge in [-0.2, -0.15) is 5.10 Å². The second-order valence-electron chi connectivity index (χ2n) is 3.74. The van der Waals surface area contributed by atoms with E-state index in [2.05, 4.69) is 29.6 Å². The lowest BCUT2D eigenvalue weighted by molar-refractivity contribution is -0.119. The standard InChI is InChI=1S/C11H20N4O/c1-5-15-9(3)10(8(2)14-15)6-13-7-11(16)12-4/h13H,5-7H2,1-4H3,(H,12,16). The Kier molecular flexibility index (Phi) is 4.49. The molecule has 1 heterocycles. The summed E-state index contributed by atoms with van der Waals surface area (Å²) in [5.41, 5.74) is 3.39. The molecule has 1 aromatic rings. The summed E-state index contributed by atoms with van der Waals surface area (Å²) < 4.78 is 1.98. The van der Waals surface area contributed by atoms with Gasteiger partial charge >= 0.3 is 0 Å². The van der Waals surface area contributed by atoms with E-state index >= 15 is 0 Å². The SMILES string of the molecule is CCn1nc(C)c(CNCC(=O)NC)c1C. The lowest BCUT2D eigenvalue weighted by Gasteiger charge is -2.05. The van der Waals surface area contributed by atoms with Crippen molar-refractivity contribution in [2.75, 3.05) is 13.6 Å². The van der Waals surface area contributed by atoms with Crippen LogP contribution in [0.25, 0.3) is 0 Å². The van der Waals surface area contributed by atoms with Gasteiger partial charge < -0.3 is 10.6 Å². The fraction of sp³-hybridized carbons (Fsp3) is 0.636. The zero-order valence-electron chi connectivity index (χ0n) is 10.4. The Balaban J connectivity index is 2.60. The van der Waals surface area contributed by atoms with Gasteiger partial charge in [-0.15, -0.1) is 0 Å². The molecule has 0 bridgehead atoms. The molecule has 16 heavy (non-hydrogen) atoms. The smallest absolute Gasteiger partial charge is 0.233 e. The molecular formula is C11H20N4O. The van der Waals surface area contributed by atoms with Crippen LogP contribution in [-0.2, 0) is 17.9 Å². The number of aryl methyl sites for hydroxylation is 2. The summed E-state index contributed by atoms with van der Waals surface area (Å²) >= 11 is 0. The topological polar surface area (TPSA) is 59.0 Å². The molecule has 1 amide bonds. The lowest BCUT2D eigenvalue weighted by atomic mass is 10.2. The Morgan fingerprint density at radius 3 is 2.62 bits per heavy atom. The zero-order valence-corrected chi connectivity index (χ0v) is 10.4. The summed E-state index contributed by atoms with van der Waals surface area (Å²) in [5, 5.41) is 10.1. The van der Waals surface area contributed by atoms with Crippen molar-refractivity contribution in [3.63, 3.8) is 0 Å². The number of carbonyl (C=O) groups is 1. The summed E-state index contributed by atoms with van der Waals surface area (Å²) in [6.07, 6.45) is 0. The molecule has 0 radical (unpaired) electrons. The van der Waals surface area contributed by atoms with Gasteiger partial charge in [0.05, 0.1) is 12.2 Å². The molecule has 0 aliphatic rings. The number of likely N-dealkylation sites (N-methyl/N-ethyl adjacent to an activating group) is 1. The Labute approximate surface area is 96.2 Å². The predicted molar refractivity (Wildman–Crippen MR) is 63.1 cm³/mol. The maximum absolute atomic E-state index is 11.0. The highest BCUT2D eigenvalue weighted by atomic mass is 16.1. The van der Waals surface area contributed by atoms with Gasteiger partial charge in [0, 0.05) is 31.4 Å². The first-order valence-electron chi connectivity index (χ1n) is 5.54. The molecule has 2 N–H and O–H groups in total. The highest BCUT2D eigenvalue weighted by Gasteiger charge is 2.10. The third-order valence-electron chi connectivity index (χ3n) is 2.70. The van der Waals surface area contributed by atoms with E-state index in [0.29, 0.717) is 13.1 Å². The van der Waals surface area contributed by atoms with E-state index in [4.69, 9.17) is 0 Å². The number of carbonyl (C=O) groups excluding carboxylic acids is 1. The van der Waals surface area contributed by atoms with E-state index in [0.717, 1.165) is 12.2 Å². The molecule has 5 nitrogen and oxygen atoms in total. The van der Waals surface area contributed by atoms with Gasteiger partial charge in [0.25, 0.3) is 0 Å². The molecule has 0 aliphatic heterocycles. The summed E-state index contributed by atoms with van der Waals surface area (Å²) in [5.74, 6) is -0.00168. The van der Waals surface area contributed by atoms with Gasteiger partial charge in [-0.05, 0) is 20.8 Å². The monoisotopic (exact) mass is 224 g/mol. The van der Waals surface area contributed by atoms with E-state index in [9.17, 15) is 4.79 Å². The molecule has 1 rings (SSSR count). The van der Waals surface area contributed by atoms with Crippen molar-refractivity contribution in [2.45, 2.75) is 33.9 Å². The van der Waals surface area contributed by atoms with Gasteiger partial charge in [-0.25, -0.2) is 0 Å². The van der Waals surface area contributed by atoms with Crippen molar-refractivity contribution >= 4 is 5.91 Å². The molecule has 0 spiro atoms. The van der Waals surface area contributed by atoms with Crippen LogP contribution >= 0.6 is 0 Å². The minimum atomic E-state index is -0.00168. The minimum absolute atomic E-state index is 0.00168. The molecule has 0 fully saturated rings. The van der Waals surface area contributed by atoms with E-state index in [1.165, 1.54) is 11.3 Å². The number of nitrogens with zero attached hydrogens (tertiary/aromatic N) is 2. The fourth-order valence-corrected chi connectivity index (χ4v) is 1.69. The van der Waals surface area contributed by atoms with Crippen LogP contribution in [0.3, 0.4) is 0 Å². The van der Waals surface area contributed by atoms with Crippen LogP contribution in [0.2, 0.25) is 0 Å². The van der Waals surface area contributed by atoms with E-state index in [1.807, 2.05) is 11.6 Å². The lowest BCUT2D eigenvalue weighted by Crippen LogP contribution is -2.31. The molecule has 0 aromatic carbocycles. The first-order valence-corrected chi connectivity index (χ1v) is 5.54. The average molecular weight is 224 g/mol. The summed E-state index contributed by atoms with van der Waals surface area (Å²) in [4.78, 5) is 11.0. The Morgan fingerprint density at radius 1 is 1.44 bits per heavy atom. The van der Waals surface area contributed by atoms with Crippen LogP contribution in [0.15, 0.2) is 0 Å². The Morgan fingerprint density at radius 2 is 2.12 bits per heavy atom. The number of hydrogen-bond donors (Lipinski definition) is 2. The summed E-state index contributed by atoms with van der Waals surface area (Å²) in [6, 6.07) is 0. The Bertz CT molecular complexity index is 370. The highest BCUT2D eigenvalue weighted by molar-refractivity contribution is 5.77. The van der Waals surface area contributed by atoms with Crippen LogP contribution in [0.4, 0.5) is 0 Å². The van der Waals surface area contributed by atoms with Crippen molar-refractivity contribution in [1.82, 2.24) is 20.4 Å². The van der Waals surface area contributed by atoms with Crippen LogP contribution in [-0.4, -0.2) is 29.3 Å². The molecule has 5 heteroatoms. The van der Waals surface area contributed by atoms with Gasteiger partial charge in [-0.1, -0.05) is 0 Å². The van der Waals surface area contributed by atoms with Crippen LogP contribution < -0.4 is 10.6 Å². The van der Waals surface area contributed by atoms with Crippen LogP contribution in [0.5, 0.6) is 0 Å². The van der Waals surface area contributed by atoms with Gasteiger partial charge in [0.1, 0.15) is 0 Å². The molecule has 90 valence electrons. The maximum atomic E-state index is 11.0. The zero-order chi connectivity index (χ0) is 12.1. The quantitative estimate of drug-likeness (QED) is 0.759. The minimum Gasteiger partial charge on any atom is -0.358 e. The van der Waals surface area contributed by atoms with Crippen molar-refractivity contribution in [3.8, 4) is 0 Å². The van der Waals surface area contributed by atoms with Crippen molar-refractivity contribution in [3.05, 3.63) is 17.0 Å². The van der Waals surface area contributed by atoms with Gasteiger partial charge in [0.2, 0.25) is 5.91 Å². The molecule has 0 unspecified atom stereocenters. The third-order valence-corrected chi connectivity index (χ3v) is 2.70. The number of rotatable bonds is 5. The number of nitrogens with one attached hydrogen (secondary N) is 2. The number of hydrogen-bond acceptors (Lipinski definition) is 3. The maximum Gasteiger partial charge on any atom is 0.233 e. The van der Waals surface area contributed by atoms with E-state index in [-0.39, 0.29) is 5.91 Å². The van der Waals surface area contributed by atoms with Crippen molar-refractivity contribution < 1.29 is 4.79 Å². The normalized spacial score (nSPS) is 10.5. The average Bonchev–Trinajstić information content (AvgIpc) is 2.55. The molecule has 0 saturated heterocycles. The van der Waals surface area contributed by atoms with Crippen LogP contribution in [0, 0.1) is 13.8 Å². The number of aromatic nitrogens is 2. The number of amides is 1. The van der Waals surface area contributed by atoms with Gasteiger partial charge in [0.15, 0.2) is 0 Å². The molecule has 1 aromatic heterocycles. The van der Waals surface area contributed by atoms with Gasteiger partial charge in [-0.3, -0.25) is 9.48 Å².